The second-order valence-electron chi connectivity index (χ2n) is 11.7. The lowest BCUT2D eigenvalue weighted by atomic mass is 9.93. The van der Waals surface area contributed by atoms with Crippen LogP contribution in [0.25, 0.3) is 11.0 Å². The van der Waals surface area contributed by atoms with E-state index in [0.29, 0.717) is 35.2 Å². The van der Waals surface area contributed by atoms with Gasteiger partial charge in [0, 0.05) is 19.2 Å². The average Bonchev–Trinajstić information content (AvgIpc) is 3.63. The van der Waals surface area contributed by atoms with Crippen LogP contribution in [0.5, 0.6) is 5.88 Å². The fraction of sp³-hybridized carbons (Fsp3) is 0.484. The lowest BCUT2D eigenvalue weighted by molar-refractivity contribution is -0.0592. The Bertz CT molecular complexity index is 1590. The summed E-state index contributed by atoms with van der Waals surface area (Å²) in [7, 11) is 0. The van der Waals surface area contributed by atoms with Crippen molar-refractivity contribution >= 4 is 28.6 Å². The zero-order chi connectivity index (χ0) is 28.6. The molecule has 1 N–H and O–H groups in total. The van der Waals surface area contributed by atoms with Crippen molar-refractivity contribution < 1.29 is 23.8 Å². The lowest BCUT2D eigenvalue weighted by Gasteiger charge is -2.32. The van der Waals surface area contributed by atoms with E-state index >= 15 is 0 Å². The first-order chi connectivity index (χ1) is 20.5. The molecule has 220 valence electrons. The smallest absolute Gasteiger partial charge is 0.335 e. The minimum Gasteiger partial charge on any atom is -0.478 e. The maximum atomic E-state index is 11.6. The third kappa shape index (κ3) is 6.02. The molecule has 3 fully saturated rings. The fourth-order valence-electron chi connectivity index (χ4n) is 5.92. The van der Waals surface area contributed by atoms with E-state index in [1.165, 1.54) is 18.4 Å². The molecular weight excluding hydrogens is 558 g/mol. The van der Waals surface area contributed by atoms with Crippen molar-refractivity contribution in [1.29, 1.82) is 0 Å². The van der Waals surface area contributed by atoms with Gasteiger partial charge < -0.3 is 23.6 Å². The molecule has 3 aromatic heterocycles. The lowest BCUT2D eigenvalue weighted by Crippen LogP contribution is -2.36. The van der Waals surface area contributed by atoms with E-state index in [-0.39, 0.29) is 18.3 Å². The van der Waals surface area contributed by atoms with Crippen LogP contribution in [0.15, 0.2) is 41.1 Å². The topological polar surface area (TPSA) is 116 Å². The normalized spacial score (nSPS) is 19.7. The Balaban J connectivity index is 0.934. The quantitative estimate of drug-likeness (QED) is 0.242. The van der Waals surface area contributed by atoms with Crippen molar-refractivity contribution in [2.24, 2.45) is 5.92 Å². The Kier molecular flexibility index (Phi) is 7.60. The predicted octanol–water partition coefficient (Wildman–Crippen LogP) is 5.47. The summed E-state index contributed by atoms with van der Waals surface area (Å²) in [6.45, 7) is 4.29. The van der Waals surface area contributed by atoms with Gasteiger partial charge in [-0.05, 0) is 86.9 Å². The zero-order valence-electron chi connectivity index (χ0n) is 23.4. The number of aromatic nitrogens is 4. The number of halogens is 1. The van der Waals surface area contributed by atoms with Gasteiger partial charge >= 0.3 is 5.97 Å². The molecule has 4 aromatic rings. The van der Waals surface area contributed by atoms with Crippen LogP contribution in [0.4, 0.5) is 0 Å². The summed E-state index contributed by atoms with van der Waals surface area (Å²) in [5, 5.41) is 10.0. The number of pyridine rings is 1. The molecule has 0 amide bonds. The molecule has 5 heterocycles. The minimum atomic E-state index is -0.931. The standard InChI is InChI=1S/C31H34ClN5O5/c32-25-12-22(20-1-2-20)14-34-30(25)41-18-29-33-15-24(42-29)11-19-5-8-36(9-6-19)17-28-35-26-4-3-21(31(38)39)13-27(26)37(28)16-23-7-10-40-23/h3-4,12-15,19-20,23H,1-2,5-11,16-18H2,(H,38,39). The van der Waals surface area contributed by atoms with Gasteiger partial charge in [-0.3, -0.25) is 4.90 Å². The Morgan fingerprint density at radius 1 is 1.10 bits per heavy atom. The van der Waals surface area contributed by atoms with Crippen molar-refractivity contribution in [3.8, 4) is 5.88 Å². The van der Waals surface area contributed by atoms with Crippen molar-refractivity contribution in [2.75, 3.05) is 19.7 Å². The van der Waals surface area contributed by atoms with Crippen molar-refractivity contribution in [3.63, 3.8) is 0 Å². The number of hydrogen-bond donors (Lipinski definition) is 1. The molecule has 2 saturated heterocycles. The summed E-state index contributed by atoms with van der Waals surface area (Å²) < 4.78 is 19.6. The van der Waals surface area contributed by atoms with Gasteiger partial charge in [-0.2, -0.15) is 0 Å². The van der Waals surface area contributed by atoms with Crippen LogP contribution in [0.1, 0.15) is 71.4 Å². The first-order valence-electron chi connectivity index (χ1n) is 14.8. The molecule has 0 spiro atoms. The molecule has 11 heteroatoms. The number of benzene rings is 1. The van der Waals surface area contributed by atoms with E-state index in [2.05, 4.69) is 19.4 Å². The van der Waals surface area contributed by atoms with Gasteiger partial charge in [-0.1, -0.05) is 11.6 Å². The van der Waals surface area contributed by atoms with Crippen LogP contribution in [-0.2, 0) is 30.9 Å². The zero-order valence-corrected chi connectivity index (χ0v) is 24.1. The number of rotatable bonds is 11. The molecule has 1 atom stereocenters. The van der Waals surface area contributed by atoms with Crippen LogP contribution in [0.2, 0.25) is 5.02 Å². The van der Waals surface area contributed by atoms with Gasteiger partial charge in [-0.15, -0.1) is 0 Å². The van der Waals surface area contributed by atoms with Gasteiger partial charge in [0.15, 0.2) is 6.61 Å². The molecular formula is C31H34ClN5O5. The van der Waals surface area contributed by atoms with Crippen LogP contribution >= 0.6 is 11.6 Å². The van der Waals surface area contributed by atoms with E-state index in [1.807, 2.05) is 12.3 Å². The van der Waals surface area contributed by atoms with E-state index in [9.17, 15) is 9.90 Å². The molecule has 3 aliphatic rings. The first kappa shape index (κ1) is 27.4. The molecule has 1 unspecified atom stereocenters. The summed E-state index contributed by atoms with van der Waals surface area (Å²) in [6, 6.07) is 7.10. The van der Waals surface area contributed by atoms with Gasteiger partial charge in [-0.25, -0.2) is 19.7 Å². The molecule has 1 saturated carbocycles. The maximum absolute atomic E-state index is 11.6. The number of nitrogens with zero attached hydrogens (tertiary/aromatic N) is 5. The summed E-state index contributed by atoms with van der Waals surface area (Å²) in [4.78, 5) is 27.7. The average molecular weight is 592 g/mol. The Morgan fingerprint density at radius 3 is 2.64 bits per heavy atom. The van der Waals surface area contributed by atoms with Gasteiger partial charge in [0.05, 0.1) is 42.0 Å². The SMILES string of the molecule is O=C(O)c1ccc2nc(CN3CCC(Cc4cnc(COc5ncc(C6CC6)cc5Cl)o4)CC3)n(CC3CCO3)c2c1. The van der Waals surface area contributed by atoms with Gasteiger partial charge in [0.1, 0.15) is 16.6 Å². The number of likely N-dealkylation sites (tertiary alicyclic amines) is 1. The number of carbonyl (C=O) groups is 1. The van der Waals surface area contributed by atoms with E-state index < -0.39 is 5.97 Å². The van der Waals surface area contributed by atoms with E-state index in [4.69, 9.17) is 30.5 Å². The molecule has 1 aromatic carbocycles. The van der Waals surface area contributed by atoms with E-state index in [1.54, 1.807) is 24.4 Å². The molecule has 0 radical (unpaired) electrons. The Morgan fingerprint density at radius 2 is 1.93 bits per heavy atom. The second kappa shape index (κ2) is 11.7. The van der Waals surface area contributed by atoms with Crippen LogP contribution in [-0.4, -0.2) is 61.3 Å². The first-order valence-corrected chi connectivity index (χ1v) is 15.1. The number of aromatic carboxylic acids is 1. The number of imidazole rings is 1. The maximum Gasteiger partial charge on any atom is 0.335 e. The number of carboxylic acids is 1. The number of oxazole rings is 1. The predicted molar refractivity (Wildman–Crippen MR) is 155 cm³/mol. The highest BCUT2D eigenvalue weighted by molar-refractivity contribution is 6.31. The number of fused-ring (bicyclic) bond motifs is 1. The summed E-state index contributed by atoms with van der Waals surface area (Å²) in [5.41, 5.74) is 3.13. The fourth-order valence-corrected chi connectivity index (χ4v) is 6.15. The monoisotopic (exact) mass is 591 g/mol. The molecule has 2 aliphatic heterocycles. The molecule has 7 rings (SSSR count). The van der Waals surface area contributed by atoms with Crippen LogP contribution < -0.4 is 4.74 Å². The third-order valence-electron chi connectivity index (χ3n) is 8.63. The minimum absolute atomic E-state index is 0.152. The van der Waals surface area contributed by atoms with Gasteiger partial charge in [0.25, 0.3) is 0 Å². The number of carboxylic acid groups (broad SMARTS) is 1. The summed E-state index contributed by atoms with van der Waals surface area (Å²) in [5.74, 6) is 2.92. The van der Waals surface area contributed by atoms with Crippen LogP contribution in [0, 0.1) is 5.92 Å². The molecule has 0 bridgehead atoms. The summed E-state index contributed by atoms with van der Waals surface area (Å²) >= 11 is 6.37. The Labute approximate surface area is 248 Å². The Hall–Kier alpha value is -3.47. The third-order valence-corrected chi connectivity index (χ3v) is 8.90. The summed E-state index contributed by atoms with van der Waals surface area (Å²) in [6.07, 6.45) is 10.1. The largest absolute Gasteiger partial charge is 0.478 e. The van der Waals surface area contributed by atoms with Crippen LogP contribution in [0.3, 0.4) is 0 Å². The van der Waals surface area contributed by atoms with Crippen molar-refractivity contribution in [3.05, 3.63) is 70.3 Å². The highest BCUT2D eigenvalue weighted by Gasteiger charge is 2.27. The number of ether oxygens (including phenoxy) is 2. The number of hydrogen-bond acceptors (Lipinski definition) is 8. The number of piperidine rings is 1. The molecule has 42 heavy (non-hydrogen) atoms. The second-order valence-corrected chi connectivity index (χ2v) is 12.1. The van der Waals surface area contributed by atoms with Crippen molar-refractivity contribution in [2.45, 2.75) is 70.2 Å². The highest BCUT2D eigenvalue weighted by atomic mass is 35.5. The highest BCUT2D eigenvalue weighted by Crippen LogP contribution is 2.41. The van der Waals surface area contributed by atoms with E-state index in [0.717, 1.165) is 74.5 Å². The molecule has 10 nitrogen and oxygen atoms in total. The van der Waals surface area contributed by atoms with Crippen molar-refractivity contribution in [1.82, 2.24) is 24.4 Å². The molecule has 1 aliphatic carbocycles. The van der Waals surface area contributed by atoms with Gasteiger partial charge in [0.2, 0.25) is 11.8 Å².